The molecule has 8 heteroatoms. The molecular formula is C26H24Cl3NO4. The molecule has 0 aromatic heterocycles. The van der Waals surface area contributed by atoms with Crippen LogP contribution in [0.4, 0.5) is 0 Å². The molecule has 0 saturated heterocycles. The maximum absolute atomic E-state index is 12.6. The van der Waals surface area contributed by atoms with Crippen LogP contribution in [-0.2, 0) is 20.9 Å². The second kappa shape index (κ2) is 13.4. The smallest absolute Gasteiger partial charge is 0.338 e. The molecule has 0 aliphatic rings. The first kappa shape index (κ1) is 26.0. The van der Waals surface area contributed by atoms with Crippen molar-refractivity contribution in [2.24, 2.45) is 5.16 Å². The first-order valence-corrected chi connectivity index (χ1v) is 11.7. The molecule has 0 fully saturated rings. The predicted octanol–water partition coefficient (Wildman–Crippen LogP) is 7.47. The van der Waals surface area contributed by atoms with Gasteiger partial charge in [-0.05, 0) is 53.8 Å². The molecule has 0 aliphatic heterocycles. The van der Waals surface area contributed by atoms with Gasteiger partial charge in [-0.25, -0.2) is 4.79 Å². The molecule has 5 nitrogen and oxygen atoms in total. The summed E-state index contributed by atoms with van der Waals surface area (Å²) in [5.74, 6) is -0.425. The number of halogens is 3. The number of carbonyl (C=O) groups excluding carboxylic acids is 1. The molecular weight excluding hydrogens is 497 g/mol. The Morgan fingerprint density at radius 3 is 2.32 bits per heavy atom. The first-order valence-electron chi connectivity index (χ1n) is 10.6. The maximum Gasteiger partial charge on any atom is 0.338 e. The third-order valence-corrected chi connectivity index (χ3v) is 6.06. The Labute approximate surface area is 214 Å². The second-order valence-electron chi connectivity index (χ2n) is 7.38. The van der Waals surface area contributed by atoms with Gasteiger partial charge < -0.3 is 14.3 Å². The number of oxime groups is 1. The lowest BCUT2D eigenvalue weighted by atomic mass is 10.0. The summed E-state index contributed by atoms with van der Waals surface area (Å²) in [6, 6.07) is 20.5. The summed E-state index contributed by atoms with van der Waals surface area (Å²) >= 11 is 18.3. The van der Waals surface area contributed by atoms with E-state index in [1.165, 1.54) is 7.11 Å². The SMILES string of the molecule is CON=CCC[C@@H](COC(=O)c1ccc(-c2ccccc2)cc1)OCc1cc(Cl)c(Cl)cc1Cl. The number of hydrogen-bond donors (Lipinski definition) is 0. The second-order valence-corrected chi connectivity index (χ2v) is 8.60. The highest BCUT2D eigenvalue weighted by Crippen LogP contribution is 2.29. The Bertz CT molecular complexity index is 1110. The molecule has 3 aromatic rings. The van der Waals surface area contributed by atoms with Crippen LogP contribution >= 0.6 is 34.8 Å². The molecule has 0 aliphatic carbocycles. The normalized spacial score (nSPS) is 12.0. The van der Waals surface area contributed by atoms with Crippen molar-refractivity contribution in [1.82, 2.24) is 0 Å². The zero-order valence-electron chi connectivity index (χ0n) is 18.5. The van der Waals surface area contributed by atoms with Crippen LogP contribution in [0.15, 0.2) is 71.9 Å². The summed E-state index contributed by atoms with van der Waals surface area (Å²) in [5, 5.41) is 4.94. The summed E-state index contributed by atoms with van der Waals surface area (Å²) in [6.45, 7) is 0.254. The standard InChI is InChI=1S/C26H24Cl3NO4/c1-32-30-13-5-8-22(33-16-21-14-24(28)25(29)15-23(21)27)17-34-26(31)20-11-9-19(10-12-20)18-6-3-2-4-7-18/h2-4,6-7,9-15,22H,5,8,16-17H2,1H3/t22-/m0/s1. The lowest BCUT2D eigenvalue weighted by Gasteiger charge is -2.18. The molecule has 0 bridgehead atoms. The Morgan fingerprint density at radius 1 is 0.941 bits per heavy atom. The van der Waals surface area contributed by atoms with Crippen molar-refractivity contribution in [3.05, 3.63) is 92.9 Å². The van der Waals surface area contributed by atoms with E-state index in [9.17, 15) is 4.79 Å². The summed E-state index contributed by atoms with van der Waals surface area (Å²) < 4.78 is 11.5. The average Bonchev–Trinajstić information content (AvgIpc) is 2.86. The predicted molar refractivity (Wildman–Crippen MR) is 137 cm³/mol. The van der Waals surface area contributed by atoms with Gasteiger partial charge in [0, 0.05) is 11.2 Å². The molecule has 0 radical (unpaired) electrons. The summed E-state index contributed by atoms with van der Waals surface area (Å²) in [6.07, 6.45) is 2.39. The van der Waals surface area contributed by atoms with E-state index >= 15 is 0 Å². The van der Waals surface area contributed by atoms with Crippen LogP contribution in [0.5, 0.6) is 0 Å². The van der Waals surface area contributed by atoms with Crippen molar-refractivity contribution < 1.29 is 19.1 Å². The fourth-order valence-electron chi connectivity index (χ4n) is 3.17. The third-order valence-electron chi connectivity index (χ3n) is 4.99. The molecule has 0 saturated carbocycles. The van der Waals surface area contributed by atoms with Crippen LogP contribution in [0.2, 0.25) is 15.1 Å². The summed E-state index contributed by atoms with van der Waals surface area (Å²) in [5.41, 5.74) is 3.25. The maximum atomic E-state index is 12.6. The number of ether oxygens (including phenoxy) is 2. The van der Waals surface area contributed by atoms with Crippen molar-refractivity contribution in [3.63, 3.8) is 0 Å². The van der Waals surface area contributed by atoms with Gasteiger partial charge in [-0.2, -0.15) is 0 Å². The van der Waals surface area contributed by atoms with Crippen LogP contribution in [0.3, 0.4) is 0 Å². The van der Waals surface area contributed by atoms with E-state index in [4.69, 9.17) is 44.3 Å². The van der Waals surface area contributed by atoms with Crippen LogP contribution in [0, 0.1) is 0 Å². The number of benzene rings is 3. The number of carbonyl (C=O) groups is 1. The van der Waals surface area contributed by atoms with Gasteiger partial charge in [-0.1, -0.05) is 82.4 Å². The fourth-order valence-corrected chi connectivity index (χ4v) is 3.79. The molecule has 1 atom stereocenters. The summed E-state index contributed by atoms with van der Waals surface area (Å²) in [7, 11) is 1.47. The van der Waals surface area contributed by atoms with Crippen molar-refractivity contribution in [3.8, 4) is 11.1 Å². The fraction of sp³-hybridized carbons (Fsp3) is 0.231. The van der Waals surface area contributed by atoms with Gasteiger partial charge in [0.1, 0.15) is 13.7 Å². The van der Waals surface area contributed by atoms with Gasteiger partial charge in [0.25, 0.3) is 0 Å². The van der Waals surface area contributed by atoms with Crippen LogP contribution in [0.1, 0.15) is 28.8 Å². The third kappa shape index (κ3) is 7.74. The van der Waals surface area contributed by atoms with Crippen molar-refractivity contribution >= 4 is 47.0 Å². The van der Waals surface area contributed by atoms with Gasteiger partial charge in [-0.15, -0.1) is 0 Å². The van der Waals surface area contributed by atoms with Gasteiger partial charge >= 0.3 is 5.97 Å². The highest BCUT2D eigenvalue weighted by atomic mass is 35.5. The molecule has 0 spiro atoms. The number of hydrogen-bond acceptors (Lipinski definition) is 5. The van der Waals surface area contributed by atoms with Crippen molar-refractivity contribution in [1.29, 1.82) is 0 Å². The zero-order valence-corrected chi connectivity index (χ0v) is 20.8. The first-order chi connectivity index (χ1) is 16.5. The van der Waals surface area contributed by atoms with E-state index in [0.717, 1.165) is 11.1 Å². The average molecular weight is 521 g/mol. The van der Waals surface area contributed by atoms with Crippen molar-refractivity contribution in [2.75, 3.05) is 13.7 Å². The number of esters is 1. The highest BCUT2D eigenvalue weighted by molar-refractivity contribution is 6.43. The topological polar surface area (TPSA) is 57.1 Å². The summed E-state index contributed by atoms with van der Waals surface area (Å²) in [4.78, 5) is 17.3. The molecule has 178 valence electrons. The molecule has 3 rings (SSSR count). The molecule has 34 heavy (non-hydrogen) atoms. The van der Waals surface area contributed by atoms with E-state index < -0.39 is 5.97 Å². The molecule has 0 N–H and O–H groups in total. The molecule has 0 unspecified atom stereocenters. The van der Waals surface area contributed by atoms with Gasteiger partial charge in [-0.3, -0.25) is 0 Å². The monoisotopic (exact) mass is 519 g/mol. The van der Waals surface area contributed by atoms with E-state index in [-0.39, 0.29) is 19.3 Å². The minimum Gasteiger partial charge on any atom is -0.459 e. The number of rotatable bonds is 11. The minimum absolute atomic E-state index is 0.0685. The lowest BCUT2D eigenvalue weighted by Crippen LogP contribution is -2.22. The van der Waals surface area contributed by atoms with E-state index in [0.29, 0.717) is 39.0 Å². The Morgan fingerprint density at radius 2 is 1.62 bits per heavy atom. The molecule has 0 heterocycles. The number of nitrogens with zero attached hydrogens (tertiary/aromatic N) is 1. The van der Waals surface area contributed by atoms with Gasteiger partial charge in [0.15, 0.2) is 0 Å². The minimum atomic E-state index is -0.425. The quantitative estimate of drug-likeness (QED) is 0.114. The molecule has 3 aromatic carbocycles. The largest absolute Gasteiger partial charge is 0.459 e. The Kier molecular flexibility index (Phi) is 10.2. The Hall–Kier alpha value is -2.57. The highest BCUT2D eigenvalue weighted by Gasteiger charge is 2.16. The van der Waals surface area contributed by atoms with Crippen LogP contribution < -0.4 is 0 Å². The molecule has 0 amide bonds. The van der Waals surface area contributed by atoms with Gasteiger partial charge in [0.05, 0.1) is 28.3 Å². The zero-order chi connectivity index (χ0) is 24.3. The van der Waals surface area contributed by atoms with E-state index in [1.54, 1.807) is 30.5 Å². The van der Waals surface area contributed by atoms with E-state index in [2.05, 4.69) is 9.99 Å². The van der Waals surface area contributed by atoms with Crippen LogP contribution in [0.25, 0.3) is 11.1 Å². The van der Waals surface area contributed by atoms with Crippen LogP contribution in [-0.4, -0.2) is 32.0 Å². The lowest BCUT2D eigenvalue weighted by molar-refractivity contribution is -0.0178. The Balaban J connectivity index is 1.60. The van der Waals surface area contributed by atoms with E-state index in [1.807, 2.05) is 42.5 Å². The van der Waals surface area contributed by atoms with Crippen molar-refractivity contribution in [2.45, 2.75) is 25.6 Å². The van der Waals surface area contributed by atoms with Gasteiger partial charge in [0.2, 0.25) is 0 Å².